The third-order valence-corrected chi connectivity index (χ3v) is 8.38. The largest absolute Gasteiger partial charge is 0.490 e. The fourth-order valence-corrected chi connectivity index (χ4v) is 7.11. The van der Waals surface area contributed by atoms with E-state index in [4.69, 9.17) is 4.74 Å². The Morgan fingerprint density at radius 2 is 1.83 bits per heavy atom. The molecule has 2 aromatic rings. The van der Waals surface area contributed by atoms with E-state index in [0.717, 1.165) is 28.0 Å². The number of nitro groups is 1. The van der Waals surface area contributed by atoms with Crippen LogP contribution in [0.1, 0.15) is 35.1 Å². The Bertz CT molecular complexity index is 1400. The van der Waals surface area contributed by atoms with Gasteiger partial charge in [-0.3, -0.25) is 29.4 Å². The van der Waals surface area contributed by atoms with Crippen LogP contribution in [0.25, 0.3) is 0 Å². The highest BCUT2D eigenvalue weighted by Crippen LogP contribution is 2.61. The molecule has 3 fully saturated rings. The van der Waals surface area contributed by atoms with Crippen LogP contribution < -0.4 is 15.0 Å². The lowest BCUT2D eigenvalue weighted by atomic mass is 9.75. The smallest absolute Gasteiger partial charge is 0.311 e. The highest BCUT2D eigenvalue weighted by Gasteiger charge is 2.74. The minimum Gasteiger partial charge on any atom is -0.490 e. The quantitative estimate of drug-likeness (QED) is 0.399. The fraction of sp³-hybridized carbons (Fsp3) is 0.423. The number of benzene rings is 2. The van der Waals surface area contributed by atoms with Gasteiger partial charge in [0.2, 0.25) is 17.7 Å². The van der Waals surface area contributed by atoms with Gasteiger partial charge in [-0.1, -0.05) is 17.7 Å². The van der Waals surface area contributed by atoms with Crippen LogP contribution in [0.2, 0.25) is 0 Å². The summed E-state index contributed by atoms with van der Waals surface area (Å²) in [7, 11) is 1.31. The van der Waals surface area contributed by atoms with Crippen molar-refractivity contribution in [1.82, 2.24) is 4.90 Å². The van der Waals surface area contributed by atoms with Gasteiger partial charge in [-0.15, -0.1) is 0 Å². The van der Waals surface area contributed by atoms with Crippen molar-refractivity contribution in [2.75, 3.05) is 23.9 Å². The number of anilines is 2. The minimum atomic E-state index is -1.27. The Morgan fingerprint density at radius 1 is 1.08 bits per heavy atom. The van der Waals surface area contributed by atoms with E-state index < -0.39 is 28.2 Å². The van der Waals surface area contributed by atoms with E-state index in [1.54, 1.807) is 6.92 Å². The summed E-state index contributed by atoms with van der Waals surface area (Å²) in [5.41, 5.74) is 2.51. The first-order chi connectivity index (χ1) is 17.1. The zero-order valence-electron chi connectivity index (χ0n) is 20.5. The van der Waals surface area contributed by atoms with E-state index in [2.05, 4.69) is 10.2 Å². The lowest BCUT2D eigenvalue weighted by Gasteiger charge is -2.37. The Labute approximate surface area is 207 Å². The third kappa shape index (κ3) is 2.57. The number of imide groups is 1. The number of nitrogens with zero attached hydrogens (tertiary/aromatic N) is 3. The molecule has 0 saturated carbocycles. The standard InChI is InChI=1S/C26H26N4O6/c1-12-8-14(3)22-15(9-12)26(25(33)27-22)21-20(16-6-5-7-28(16)26)23(31)29(24(21)32)17-11-19(36-4)18(30(34)35)10-13(17)2/h8-11,16,20-21H,5-7H2,1-4H3,(H,27,33)/t16-,20-,21+,26-/m1/s1. The van der Waals surface area contributed by atoms with Gasteiger partial charge in [0, 0.05) is 29.4 Å². The Morgan fingerprint density at radius 3 is 2.53 bits per heavy atom. The number of ether oxygens (including phenoxy) is 1. The number of rotatable bonds is 3. The first-order valence-corrected chi connectivity index (χ1v) is 12.0. The molecule has 36 heavy (non-hydrogen) atoms. The summed E-state index contributed by atoms with van der Waals surface area (Å²) in [6, 6.07) is 6.39. The van der Waals surface area contributed by atoms with Crippen LogP contribution in [0.15, 0.2) is 24.3 Å². The molecular formula is C26H26N4O6. The number of aryl methyl sites for hydroxylation is 3. The molecule has 0 aromatic heterocycles. The van der Waals surface area contributed by atoms with E-state index in [1.807, 2.05) is 26.0 Å². The van der Waals surface area contributed by atoms with Gasteiger partial charge in [0.25, 0.3) is 0 Å². The Kier molecular flexibility index (Phi) is 4.63. The zero-order chi connectivity index (χ0) is 25.7. The van der Waals surface area contributed by atoms with Crippen molar-refractivity contribution < 1.29 is 24.0 Å². The molecule has 186 valence electrons. The van der Waals surface area contributed by atoms with Gasteiger partial charge in [-0.05, 0) is 51.3 Å². The first-order valence-electron chi connectivity index (χ1n) is 12.0. The van der Waals surface area contributed by atoms with Gasteiger partial charge in [0.15, 0.2) is 5.75 Å². The second-order valence-electron chi connectivity index (χ2n) is 10.2. The molecule has 2 aromatic carbocycles. The fourth-order valence-electron chi connectivity index (χ4n) is 7.11. The summed E-state index contributed by atoms with van der Waals surface area (Å²) in [5.74, 6) is -2.71. The van der Waals surface area contributed by atoms with E-state index in [0.29, 0.717) is 24.2 Å². The number of hydrogen-bond acceptors (Lipinski definition) is 7. The van der Waals surface area contributed by atoms with Gasteiger partial charge >= 0.3 is 5.69 Å². The molecule has 10 heteroatoms. The molecule has 4 heterocycles. The molecule has 0 bridgehead atoms. The summed E-state index contributed by atoms with van der Waals surface area (Å²) in [6.07, 6.45) is 1.54. The molecule has 0 aliphatic carbocycles. The van der Waals surface area contributed by atoms with Crippen LogP contribution in [0, 0.1) is 42.7 Å². The molecule has 0 unspecified atom stereocenters. The summed E-state index contributed by atoms with van der Waals surface area (Å²) < 4.78 is 5.22. The molecule has 4 aliphatic heterocycles. The average Bonchev–Trinajstić information content (AvgIpc) is 3.53. The highest BCUT2D eigenvalue weighted by atomic mass is 16.6. The summed E-state index contributed by atoms with van der Waals surface area (Å²) >= 11 is 0. The average molecular weight is 491 g/mol. The molecule has 10 nitrogen and oxygen atoms in total. The molecule has 4 atom stereocenters. The van der Waals surface area contributed by atoms with Crippen molar-refractivity contribution in [1.29, 1.82) is 0 Å². The topological polar surface area (TPSA) is 122 Å². The maximum Gasteiger partial charge on any atom is 0.311 e. The molecular weight excluding hydrogens is 464 g/mol. The normalized spacial score (nSPS) is 28.5. The number of fused-ring (bicyclic) bond motifs is 7. The van der Waals surface area contributed by atoms with Crippen molar-refractivity contribution in [3.05, 3.63) is 56.6 Å². The van der Waals surface area contributed by atoms with Crippen LogP contribution in [-0.4, -0.2) is 47.2 Å². The van der Waals surface area contributed by atoms with Crippen molar-refractivity contribution in [2.45, 2.75) is 45.2 Å². The van der Waals surface area contributed by atoms with Crippen molar-refractivity contribution >= 4 is 34.8 Å². The van der Waals surface area contributed by atoms with Crippen LogP contribution in [-0.2, 0) is 19.9 Å². The molecule has 1 N–H and O–H groups in total. The molecule has 4 aliphatic rings. The number of nitrogens with one attached hydrogen (secondary N) is 1. The number of amides is 3. The summed E-state index contributed by atoms with van der Waals surface area (Å²) in [4.78, 5) is 56.2. The first kappa shape index (κ1) is 22.7. The van der Waals surface area contributed by atoms with Crippen LogP contribution in [0.3, 0.4) is 0 Å². The van der Waals surface area contributed by atoms with Crippen LogP contribution in [0.4, 0.5) is 17.1 Å². The van der Waals surface area contributed by atoms with Gasteiger partial charge in [-0.2, -0.15) is 0 Å². The lowest BCUT2D eigenvalue weighted by molar-refractivity contribution is -0.385. The molecule has 6 rings (SSSR count). The molecule has 3 amide bonds. The SMILES string of the molecule is COc1cc(N2C(=O)[C@@H]3[C@H]4CCCN4[C@@]4(C(=O)Nc5c(C)cc(C)cc54)[C@@H]3C2=O)c(C)cc1[N+](=O)[O-]. The maximum absolute atomic E-state index is 14.2. The predicted octanol–water partition coefficient (Wildman–Crippen LogP) is 2.96. The highest BCUT2D eigenvalue weighted by molar-refractivity contribution is 6.26. The van der Waals surface area contributed by atoms with Crippen LogP contribution >= 0.6 is 0 Å². The zero-order valence-corrected chi connectivity index (χ0v) is 20.5. The molecule has 0 radical (unpaired) electrons. The second-order valence-corrected chi connectivity index (χ2v) is 10.2. The maximum atomic E-state index is 14.2. The number of methoxy groups -OCH3 is 1. The molecule has 3 saturated heterocycles. The number of nitro benzene ring substituents is 1. The minimum absolute atomic E-state index is 0.0364. The monoisotopic (exact) mass is 490 g/mol. The summed E-state index contributed by atoms with van der Waals surface area (Å²) in [5, 5.41) is 14.5. The van der Waals surface area contributed by atoms with Crippen molar-refractivity contribution in [2.24, 2.45) is 11.8 Å². The van der Waals surface area contributed by atoms with Gasteiger partial charge in [-0.25, -0.2) is 4.90 Å². The van der Waals surface area contributed by atoms with Gasteiger partial charge in [0.05, 0.1) is 29.6 Å². The van der Waals surface area contributed by atoms with Gasteiger partial charge < -0.3 is 10.1 Å². The summed E-state index contributed by atoms with van der Waals surface area (Å²) in [6.45, 7) is 6.14. The molecule has 1 spiro atoms. The van der Waals surface area contributed by atoms with E-state index in [1.165, 1.54) is 19.2 Å². The predicted molar refractivity (Wildman–Crippen MR) is 130 cm³/mol. The van der Waals surface area contributed by atoms with E-state index in [-0.39, 0.29) is 35.0 Å². The van der Waals surface area contributed by atoms with E-state index >= 15 is 0 Å². The number of carbonyl (C=O) groups excluding carboxylic acids is 3. The Hall–Kier alpha value is -3.79. The van der Waals surface area contributed by atoms with Gasteiger partial charge in [0.1, 0.15) is 5.54 Å². The lowest BCUT2D eigenvalue weighted by Crippen LogP contribution is -2.54. The third-order valence-electron chi connectivity index (χ3n) is 8.38. The van der Waals surface area contributed by atoms with Crippen LogP contribution in [0.5, 0.6) is 5.75 Å². The Balaban J connectivity index is 1.55. The number of carbonyl (C=O) groups is 3. The van der Waals surface area contributed by atoms with Crippen molar-refractivity contribution in [3.63, 3.8) is 0 Å². The second kappa shape index (κ2) is 7.36. The van der Waals surface area contributed by atoms with E-state index in [9.17, 15) is 24.5 Å². The van der Waals surface area contributed by atoms with Crippen molar-refractivity contribution in [3.8, 4) is 5.75 Å². The number of hydrogen-bond donors (Lipinski definition) is 1.